The molecular weight excluding hydrogens is 242 g/mol. The summed E-state index contributed by atoms with van der Waals surface area (Å²) in [6.45, 7) is 7.64. The molecule has 0 aliphatic carbocycles. The van der Waals surface area contributed by atoms with Crippen LogP contribution in [0, 0.1) is 12.3 Å². The zero-order valence-electron chi connectivity index (χ0n) is 12.5. The highest BCUT2D eigenvalue weighted by atomic mass is 16.2. The molecule has 0 aromatic carbocycles. The minimum atomic E-state index is -0.463. The van der Waals surface area contributed by atoms with Gasteiger partial charge in [0, 0.05) is 31.3 Å². The number of hydrogen-bond donors (Lipinski definition) is 2. The van der Waals surface area contributed by atoms with E-state index < -0.39 is 5.41 Å². The lowest BCUT2D eigenvalue weighted by atomic mass is 9.95. The van der Waals surface area contributed by atoms with Gasteiger partial charge in [-0.2, -0.15) is 0 Å². The highest BCUT2D eigenvalue weighted by Gasteiger charge is 2.21. The van der Waals surface area contributed by atoms with Crippen LogP contribution in [-0.2, 0) is 18.4 Å². The van der Waals surface area contributed by atoms with E-state index in [1.54, 1.807) is 13.1 Å². The van der Waals surface area contributed by atoms with Crippen molar-refractivity contribution in [2.24, 2.45) is 12.5 Å². The zero-order chi connectivity index (χ0) is 14.8. The molecule has 106 valence electrons. The third-order valence-electron chi connectivity index (χ3n) is 3.13. The number of carbonyl (C=O) groups is 1. The second kappa shape index (κ2) is 5.47. The monoisotopic (exact) mass is 265 g/mol. The minimum Gasteiger partial charge on any atom is -0.374 e. The van der Waals surface area contributed by atoms with E-state index in [1.165, 1.54) is 0 Å². The number of aryl methyl sites for hydroxylation is 1. The summed E-state index contributed by atoms with van der Waals surface area (Å²) in [4.78, 5) is 23.9. The summed E-state index contributed by atoms with van der Waals surface area (Å²) in [6.07, 6.45) is 0. The van der Waals surface area contributed by atoms with E-state index in [2.05, 4.69) is 10.6 Å². The van der Waals surface area contributed by atoms with Gasteiger partial charge >= 0.3 is 0 Å². The SMILES string of the molecule is CNc1c(CNC(=O)C(C)(C)C)c(=O)cc(C)n1C. The average molecular weight is 265 g/mol. The number of carbonyl (C=O) groups excluding carboxylic acids is 1. The highest BCUT2D eigenvalue weighted by molar-refractivity contribution is 5.81. The second-order valence-corrected chi connectivity index (χ2v) is 5.72. The molecule has 0 saturated carbocycles. The summed E-state index contributed by atoms with van der Waals surface area (Å²) >= 11 is 0. The molecule has 1 aromatic rings. The normalized spacial score (nSPS) is 11.3. The molecule has 0 fully saturated rings. The van der Waals surface area contributed by atoms with Gasteiger partial charge in [-0.3, -0.25) is 9.59 Å². The fraction of sp³-hybridized carbons (Fsp3) is 0.571. The number of nitrogens with one attached hydrogen (secondary N) is 2. The Morgan fingerprint density at radius 2 is 1.95 bits per heavy atom. The van der Waals surface area contributed by atoms with Crippen LogP contribution < -0.4 is 16.1 Å². The molecule has 5 nitrogen and oxygen atoms in total. The molecule has 0 aliphatic heterocycles. The van der Waals surface area contributed by atoms with Crippen LogP contribution in [0.4, 0.5) is 5.82 Å². The molecule has 5 heteroatoms. The third kappa shape index (κ3) is 3.36. The fourth-order valence-corrected chi connectivity index (χ4v) is 1.79. The lowest BCUT2D eigenvalue weighted by Gasteiger charge is -2.20. The van der Waals surface area contributed by atoms with Crippen LogP contribution in [0.3, 0.4) is 0 Å². The first-order chi connectivity index (χ1) is 8.68. The molecule has 0 bridgehead atoms. The first kappa shape index (κ1) is 15.3. The van der Waals surface area contributed by atoms with Crippen LogP contribution >= 0.6 is 0 Å². The summed E-state index contributed by atoms with van der Waals surface area (Å²) < 4.78 is 1.90. The van der Waals surface area contributed by atoms with Crippen molar-refractivity contribution in [3.05, 3.63) is 27.5 Å². The molecule has 0 radical (unpaired) electrons. The van der Waals surface area contributed by atoms with Gasteiger partial charge in [-0.25, -0.2) is 0 Å². The van der Waals surface area contributed by atoms with Crippen molar-refractivity contribution in [3.8, 4) is 0 Å². The third-order valence-corrected chi connectivity index (χ3v) is 3.13. The van der Waals surface area contributed by atoms with Gasteiger partial charge in [0.15, 0.2) is 5.43 Å². The summed E-state index contributed by atoms with van der Waals surface area (Å²) in [6, 6.07) is 1.58. The maximum absolute atomic E-state index is 12.0. The topological polar surface area (TPSA) is 63.1 Å². The Kier molecular flexibility index (Phi) is 4.39. The van der Waals surface area contributed by atoms with Crippen molar-refractivity contribution in [3.63, 3.8) is 0 Å². The molecule has 0 unspecified atom stereocenters. The van der Waals surface area contributed by atoms with Crippen molar-refractivity contribution in [2.45, 2.75) is 34.2 Å². The second-order valence-electron chi connectivity index (χ2n) is 5.72. The van der Waals surface area contributed by atoms with Crippen LogP contribution in [0.2, 0.25) is 0 Å². The van der Waals surface area contributed by atoms with E-state index in [0.29, 0.717) is 5.56 Å². The molecule has 19 heavy (non-hydrogen) atoms. The van der Waals surface area contributed by atoms with Crippen molar-refractivity contribution in [2.75, 3.05) is 12.4 Å². The van der Waals surface area contributed by atoms with Crippen molar-refractivity contribution in [1.82, 2.24) is 9.88 Å². The quantitative estimate of drug-likeness (QED) is 0.868. The standard InChI is InChI=1S/C14H23N3O2/c1-9-7-11(18)10(12(15-5)17(9)6)8-16-13(19)14(2,3)4/h7,15H,8H2,1-6H3,(H,16,19). The van der Waals surface area contributed by atoms with E-state index in [9.17, 15) is 9.59 Å². The van der Waals surface area contributed by atoms with Gasteiger partial charge in [0.25, 0.3) is 0 Å². The van der Waals surface area contributed by atoms with Crippen LogP contribution in [0.1, 0.15) is 32.0 Å². The van der Waals surface area contributed by atoms with E-state index in [4.69, 9.17) is 0 Å². The first-order valence-electron chi connectivity index (χ1n) is 6.34. The molecule has 0 atom stereocenters. The first-order valence-corrected chi connectivity index (χ1v) is 6.34. The zero-order valence-corrected chi connectivity index (χ0v) is 12.5. The Balaban J connectivity index is 3.06. The fourth-order valence-electron chi connectivity index (χ4n) is 1.79. The van der Waals surface area contributed by atoms with E-state index >= 15 is 0 Å². The molecule has 1 amide bonds. The number of anilines is 1. The van der Waals surface area contributed by atoms with Crippen molar-refractivity contribution < 1.29 is 4.79 Å². The van der Waals surface area contributed by atoms with E-state index in [1.807, 2.05) is 39.3 Å². The number of hydrogen-bond acceptors (Lipinski definition) is 3. The summed E-state index contributed by atoms with van der Waals surface area (Å²) in [5.41, 5.74) is 0.929. The number of pyridine rings is 1. The lowest BCUT2D eigenvalue weighted by molar-refractivity contribution is -0.128. The van der Waals surface area contributed by atoms with Crippen LogP contribution in [-0.4, -0.2) is 17.5 Å². The van der Waals surface area contributed by atoms with E-state index in [-0.39, 0.29) is 17.9 Å². The van der Waals surface area contributed by atoms with Gasteiger partial charge in [-0.05, 0) is 6.92 Å². The predicted molar refractivity (Wildman–Crippen MR) is 77.3 cm³/mol. The smallest absolute Gasteiger partial charge is 0.225 e. The summed E-state index contributed by atoms with van der Waals surface area (Å²) in [5.74, 6) is 0.663. The van der Waals surface area contributed by atoms with Crippen LogP contribution in [0.15, 0.2) is 10.9 Å². The maximum atomic E-state index is 12.0. The Bertz CT molecular complexity index is 539. The van der Waals surface area contributed by atoms with Crippen molar-refractivity contribution in [1.29, 1.82) is 0 Å². The lowest BCUT2D eigenvalue weighted by Crippen LogP contribution is -2.36. The Labute approximate surface area is 114 Å². The van der Waals surface area contributed by atoms with Gasteiger partial charge < -0.3 is 15.2 Å². The Hall–Kier alpha value is -1.78. The molecule has 0 aliphatic rings. The number of amides is 1. The number of aromatic nitrogens is 1. The molecule has 1 heterocycles. The van der Waals surface area contributed by atoms with Crippen LogP contribution in [0.5, 0.6) is 0 Å². The van der Waals surface area contributed by atoms with Gasteiger partial charge in [-0.15, -0.1) is 0 Å². The Morgan fingerprint density at radius 3 is 2.42 bits per heavy atom. The predicted octanol–water partition coefficient (Wildman–Crippen LogP) is 1.40. The van der Waals surface area contributed by atoms with Gasteiger partial charge in [0.2, 0.25) is 5.91 Å². The molecule has 0 spiro atoms. The maximum Gasteiger partial charge on any atom is 0.225 e. The number of rotatable bonds is 3. The van der Waals surface area contributed by atoms with Gasteiger partial charge in [0.1, 0.15) is 5.82 Å². The molecular formula is C14H23N3O2. The molecule has 1 rings (SSSR count). The molecule has 0 saturated heterocycles. The largest absolute Gasteiger partial charge is 0.374 e. The average Bonchev–Trinajstić information content (AvgIpc) is 2.30. The van der Waals surface area contributed by atoms with Crippen molar-refractivity contribution >= 4 is 11.7 Å². The van der Waals surface area contributed by atoms with Crippen LogP contribution in [0.25, 0.3) is 0 Å². The molecule has 2 N–H and O–H groups in total. The van der Waals surface area contributed by atoms with E-state index in [0.717, 1.165) is 11.5 Å². The summed E-state index contributed by atoms with van der Waals surface area (Å²) in [7, 11) is 3.65. The number of nitrogens with zero attached hydrogens (tertiary/aromatic N) is 1. The van der Waals surface area contributed by atoms with Gasteiger partial charge in [-0.1, -0.05) is 20.8 Å². The molecule has 1 aromatic heterocycles. The van der Waals surface area contributed by atoms with Gasteiger partial charge in [0.05, 0.1) is 12.1 Å². The highest BCUT2D eigenvalue weighted by Crippen LogP contribution is 2.15. The minimum absolute atomic E-state index is 0.0610. The Morgan fingerprint density at radius 1 is 1.37 bits per heavy atom. The summed E-state index contributed by atoms with van der Waals surface area (Å²) in [5, 5.41) is 5.83.